The van der Waals surface area contributed by atoms with Crippen LogP contribution in [0.5, 0.6) is 5.75 Å². The van der Waals surface area contributed by atoms with Gasteiger partial charge in [0.2, 0.25) is 15.9 Å². The molecule has 0 atom stereocenters. The standard InChI is InChI=1S/C13H20N2O4S/c1-4-20(17,18)14-9-10-15(11(2)16)12-5-7-13(19-3)8-6-12/h5-8,14H,4,9-10H2,1-3H3. The second kappa shape index (κ2) is 7.25. The summed E-state index contributed by atoms with van der Waals surface area (Å²) in [6.45, 7) is 3.47. The summed E-state index contributed by atoms with van der Waals surface area (Å²) in [6.07, 6.45) is 0. The van der Waals surface area contributed by atoms with Crippen LogP contribution in [0.1, 0.15) is 13.8 Å². The first-order valence-corrected chi connectivity index (χ1v) is 7.94. The maximum absolute atomic E-state index is 11.6. The molecule has 0 unspecified atom stereocenters. The maximum atomic E-state index is 11.6. The Morgan fingerprint density at radius 3 is 2.35 bits per heavy atom. The molecule has 0 fully saturated rings. The largest absolute Gasteiger partial charge is 0.497 e. The lowest BCUT2D eigenvalue weighted by Crippen LogP contribution is -2.38. The van der Waals surface area contributed by atoms with E-state index in [4.69, 9.17) is 4.74 Å². The normalized spacial score (nSPS) is 11.2. The molecule has 112 valence electrons. The number of ether oxygens (including phenoxy) is 1. The van der Waals surface area contributed by atoms with Crippen LogP contribution in [-0.4, -0.2) is 40.3 Å². The highest BCUT2D eigenvalue weighted by atomic mass is 32.2. The van der Waals surface area contributed by atoms with Gasteiger partial charge in [-0.2, -0.15) is 0 Å². The molecule has 20 heavy (non-hydrogen) atoms. The van der Waals surface area contributed by atoms with Gasteiger partial charge < -0.3 is 9.64 Å². The molecule has 0 aliphatic rings. The molecule has 1 rings (SSSR count). The number of hydrogen-bond acceptors (Lipinski definition) is 4. The maximum Gasteiger partial charge on any atom is 0.223 e. The number of nitrogens with one attached hydrogen (secondary N) is 1. The number of carbonyl (C=O) groups is 1. The van der Waals surface area contributed by atoms with Gasteiger partial charge in [-0.3, -0.25) is 4.79 Å². The average Bonchev–Trinajstić information content (AvgIpc) is 2.43. The monoisotopic (exact) mass is 300 g/mol. The SMILES string of the molecule is CCS(=O)(=O)NCCN(C(C)=O)c1ccc(OC)cc1. The van der Waals surface area contributed by atoms with Crippen molar-refractivity contribution < 1.29 is 17.9 Å². The molecule has 0 aromatic heterocycles. The van der Waals surface area contributed by atoms with Crippen molar-refractivity contribution in [2.24, 2.45) is 0 Å². The summed E-state index contributed by atoms with van der Waals surface area (Å²) < 4.78 is 30.2. The van der Waals surface area contributed by atoms with Gasteiger partial charge in [-0.15, -0.1) is 0 Å². The number of carbonyl (C=O) groups excluding carboxylic acids is 1. The zero-order valence-electron chi connectivity index (χ0n) is 11.9. The van der Waals surface area contributed by atoms with Crippen LogP contribution in [-0.2, 0) is 14.8 Å². The third-order valence-corrected chi connectivity index (χ3v) is 4.21. The summed E-state index contributed by atoms with van der Waals surface area (Å²) in [4.78, 5) is 13.2. The Bertz CT molecular complexity index is 540. The smallest absolute Gasteiger partial charge is 0.223 e. The van der Waals surface area contributed by atoms with E-state index in [0.717, 1.165) is 0 Å². The fraction of sp³-hybridized carbons (Fsp3) is 0.462. The van der Waals surface area contributed by atoms with Gasteiger partial charge in [0.15, 0.2) is 0 Å². The highest BCUT2D eigenvalue weighted by molar-refractivity contribution is 7.89. The van der Waals surface area contributed by atoms with E-state index in [-0.39, 0.29) is 24.7 Å². The van der Waals surface area contributed by atoms with Crippen molar-refractivity contribution in [2.45, 2.75) is 13.8 Å². The minimum absolute atomic E-state index is 0.0234. The Labute approximate surface area is 119 Å². The molecule has 0 saturated carbocycles. The van der Waals surface area contributed by atoms with Crippen molar-refractivity contribution in [1.29, 1.82) is 0 Å². The molecule has 1 aromatic rings. The van der Waals surface area contributed by atoms with Crippen LogP contribution in [0.2, 0.25) is 0 Å². The van der Waals surface area contributed by atoms with Crippen LogP contribution in [0.4, 0.5) is 5.69 Å². The van der Waals surface area contributed by atoms with Crippen LogP contribution in [0.3, 0.4) is 0 Å². The van der Waals surface area contributed by atoms with Gasteiger partial charge in [0.1, 0.15) is 5.75 Å². The number of hydrogen-bond donors (Lipinski definition) is 1. The summed E-state index contributed by atoms with van der Waals surface area (Å²) >= 11 is 0. The lowest BCUT2D eigenvalue weighted by molar-refractivity contribution is -0.116. The van der Waals surface area contributed by atoms with Gasteiger partial charge in [-0.1, -0.05) is 0 Å². The number of nitrogens with zero attached hydrogens (tertiary/aromatic N) is 1. The number of anilines is 1. The van der Waals surface area contributed by atoms with Crippen molar-refractivity contribution >= 4 is 21.6 Å². The zero-order valence-corrected chi connectivity index (χ0v) is 12.7. The molecule has 0 heterocycles. The van der Waals surface area contributed by atoms with Crippen molar-refractivity contribution in [3.63, 3.8) is 0 Å². The Balaban J connectivity index is 2.71. The lowest BCUT2D eigenvalue weighted by atomic mass is 10.2. The van der Waals surface area contributed by atoms with Gasteiger partial charge in [-0.05, 0) is 31.2 Å². The molecule has 7 heteroatoms. The predicted octanol–water partition coefficient (Wildman–Crippen LogP) is 0.987. The van der Waals surface area contributed by atoms with E-state index in [2.05, 4.69) is 4.72 Å². The molecule has 0 radical (unpaired) electrons. The minimum atomic E-state index is -3.24. The van der Waals surface area contributed by atoms with Crippen LogP contribution in [0.15, 0.2) is 24.3 Å². The molecule has 0 aliphatic carbocycles. The lowest BCUT2D eigenvalue weighted by Gasteiger charge is -2.21. The number of rotatable bonds is 7. The second-order valence-corrected chi connectivity index (χ2v) is 6.26. The first-order chi connectivity index (χ1) is 9.39. The molecule has 6 nitrogen and oxygen atoms in total. The van der Waals surface area contributed by atoms with Gasteiger partial charge in [0.05, 0.1) is 12.9 Å². The molecule has 0 aliphatic heterocycles. The Morgan fingerprint density at radius 1 is 1.30 bits per heavy atom. The molecule has 0 spiro atoms. The Hall–Kier alpha value is -1.60. The summed E-state index contributed by atoms with van der Waals surface area (Å²) in [5.41, 5.74) is 0.703. The molecule has 0 bridgehead atoms. The molecular formula is C13H20N2O4S. The zero-order chi connectivity index (χ0) is 15.2. The summed E-state index contributed by atoms with van der Waals surface area (Å²) in [6, 6.07) is 7.02. The fourth-order valence-electron chi connectivity index (χ4n) is 1.65. The third-order valence-electron chi connectivity index (χ3n) is 2.80. The summed E-state index contributed by atoms with van der Waals surface area (Å²) in [5.74, 6) is 0.574. The van der Waals surface area contributed by atoms with Crippen molar-refractivity contribution in [2.75, 3.05) is 30.9 Å². The van der Waals surface area contributed by atoms with Crippen LogP contribution in [0.25, 0.3) is 0 Å². The van der Waals surface area contributed by atoms with Crippen LogP contribution < -0.4 is 14.4 Å². The van der Waals surface area contributed by atoms with Crippen molar-refractivity contribution in [1.82, 2.24) is 4.72 Å². The first kappa shape index (κ1) is 16.5. The summed E-state index contributed by atoms with van der Waals surface area (Å²) in [5, 5.41) is 0. The third kappa shape index (κ3) is 4.82. The number of amides is 1. The van der Waals surface area contributed by atoms with Crippen LogP contribution >= 0.6 is 0 Å². The van der Waals surface area contributed by atoms with Crippen molar-refractivity contribution in [3.05, 3.63) is 24.3 Å². The molecule has 1 N–H and O–H groups in total. The highest BCUT2D eigenvalue weighted by Crippen LogP contribution is 2.19. The number of benzene rings is 1. The molecular weight excluding hydrogens is 280 g/mol. The van der Waals surface area contributed by atoms with E-state index in [9.17, 15) is 13.2 Å². The Kier molecular flexibility index (Phi) is 5.97. The van der Waals surface area contributed by atoms with E-state index < -0.39 is 10.0 Å². The second-order valence-electron chi connectivity index (χ2n) is 4.17. The van der Waals surface area contributed by atoms with Gasteiger partial charge >= 0.3 is 0 Å². The van der Waals surface area contributed by atoms with E-state index >= 15 is 0 Å². The Morgan fingerprint density at radius 2 is 1.90 bits per heavy atom. The molecule has 0 saturated heterocycles. The predicted molar refractivity (Wildman–Crippen MR) is 78.5 cm³/mol. The summed E-state index contributed by atoms with van der Waals surface area (Å²) in [7, 11) is -1.67. The number of sulfonamides is 1. The minimum Gasteiger partial charge on any atom is -0.497 e. The van der Waals surface area contributed by atoms with Gasteiger partial charge in [-0.25, -0.2) is 13.1 Å². The first-order valence-electron chi connectivity index (χ1n) is 6.29. The van der Waals surface area contributed by atoms with Gasteiger partial charge in [0.25, 0.3) is 0 Å². The van der Waals surface area contributed by atoms with Crippen molar-refractivity contribution in [3.8, 4) is 5.75 Å². The molecule has 1 aromatic carbocycles. The number of methoxy groups -OCH3 is 1. The van der Waals surface area contributed by atoms with E-state index in [0.29, 0.717) is 11.4 Å². The quantitative estimate of drug-likeness (QED) is 0.814. The molecule has 1 amide bonds. The van der Waals surface area contributed by atoms with E-state index in [1.54, 1.807) is 38.3 Å². The topological polar surface area (TPSA) is 75.7 Å². The average molecular weight is 300 g/mol. The van der Waals surface area contributed by atoms with Gasteiger partial charge in [0, 0.05) is 25.7 Å². The highest BCUT2D eigenvalue weighted by Gasteiger charge is 2.13. The fourth-order valence-corrected chi connectivity index (χ4v) is 2.25. The van der Waals surface area contributed by atoms with E-state index in [1.165, 1.54) is 11.8 Å². The van der Waals surface area contributed by atoms with E-state index in [1.807, 2.05) is 0 Å². The van der Waals surface area contributed by atoms with Crippen LogP contribution in [0, 0.1) is 0 Å².